The van der Waals surface area contributed by atoms with E-state index in [1.807, 2.05) is 6.92 Å². The first-order valence-corrected chi connectivity index (χ1v) is 7.58. The Kier molecular flexibility index (Phi) is 5.46. The van der Waals surface area contributed by atoms with Gasteiger partial charge in [-0.15, -0.1) is 0 Å². The number of carbonyl (C=O) groups excluding carboxylic acids is 1. The van der Waals surface area contributed by atoms with Crippen molar-refractivity contribution in [1.29, 1.82) is 0 Å². The lowest BCUT2D eigenvalue weighted by Crippen LogP contribution is -2.37. The SMILES string of the molecule is CCCNC(=O)CNS(=O)(=O)c1cc(N)cc(F)c1C. The molecular formula is C12H18FN3O3S. The molecule has 0 aliphatic carbocycles. The molecule has 0 fully saturated rings. The normalized spacial score (nSPS) is 11.3. The number of anilines is 1. The van der Waals surface area contributed by atoms with Gasteiger partial charge in [-0.1, -0.05) is 6.92 Å². The van der Waals surface area contributed by atoms with Crippen LogP contribution in [0.5, 0.6) is 0 Å². The van der Waals surface area contributed by atoms with Crippen LogP contribution >= 0.6 is 0 Å². The van der Waals surface area contributed by atoms with E-state index < -0.39 is 28.3 Å². The first kappa shape index (κ1) is 16.4. The van der Waals surface area contributed by atoms with Gasteiger partial charge in [-0.2, -0.15) is 0 Å². The molecule has 1 aromatic rings. The maximum atomic E-state index is 13.5. The molecule has 0 atom stereocenters. The second-order valence-corrected chi connectivity index (χ2v) is 6.04. The topological polar surface area (TPSA) is 101 Å². The van der Waals surface area contributed by atoms with E-state index in [2.05, 4.69) is 10.0 Å². The highest BCUT2D eigenvalue weighted by molar-refractivity contribution is 7.89. The van der Waals surface area contributed by atoms with Crippen molar-refractivity contribution in [2.75, 3.05) is 18.8 Å². The van der Waals surface area contributed by atoms with Crippen molar-refractivity contribution in [3.63, 3.8) is 0 Å². The van der Waals surface area contributed by atoms with Crippen LogP contribution in [0.1, 0.15) is 18.9 Å². The van der Waals surface area contributed by atoms with E-state index >= 15 is 0 Å². The average Bonchev–Trinajstić information content (AvgIpc) is 2.38. The monoisotopic (exact) mass is 303 g/mol. The van der Waals surface area contributed by atoms with Crippen molar-refractivity contribution in [3.05, 3.63) is 23.5 Å². The highest BCUT2D eigenvalue weighted by Gasteiger charge is 2.20. The predicted molar refractivity (Wildman–Crippen MR) is 74.0 cm³/mol. The average molecular weight is 303 g/mol. The fraction of sp³-hybridized carbons (Fsp3) is 0.417. The summed E-state index contributed by atoms with van der Waals surface area (Å²) < 4.78 is 39.6. The Labute approximate surface area is 117 Å². The quantitative estimate of drug-likeness (QED) is 0.667. The van der Waals surface area contributed by atoms with Gasteiger partial charge < -0.3 is 11.1 Å². The van der Waals surface area contributed by atoms with Gasteiger partial charge in [0.1, 0.15) is 5.82 Å². The van der Waals surface area contributed by atoms with Crippen molar-refractivity contribution in [3.8, 4) is 0 Å². The first-order chi connectivity index (χ1) is 9.27. The summed E-state index contributed by atoms with van der Waals surface area (Å²) in [5, 5.41) is 2.53. The van der Waals surface area contributed by atoms with Crippen LogP contribution in [-0.4, -0.2) is 27.4 Å². The first-order valence-electron chi connectivity index (χ1n) is 6.10. The molecule has 0 aromatic heterocycles. The summed E-state index contributed by atoms with van der Waals surface area (Å²) in [6.45, 7) is 3.27. The summed E-state index contributed by atoms with van der Waals surface area (Å²) in [6, 6.07) is 2.20. The third-order valence-corrected chi connectivity index (χ3v) is 4.13. The summed E-state index contributed by atoms with van der Waals surface area (Å²) in [6.07, 6.45) is 0.748. The molecule has 0 aliphatic heterocycles. The van der Waals surface area contributed by atoms with Gasteiger partial charge in [0, 0.05) is 17.8 Å². The van der Waals surface area contributed by atoms with Gasteiger partial charge in [-0.3, -0.25) is 4.79 Å². The largest absolute Gasteiger partial charge is 0.399 e. The molecule has 20 heavy (non-hydrogen) atoms. The zero-order valence-corrected chi connectivity index (χ0v) is 12.2. The number of benzene rings is 1. The van der Waals surface area contributed by atoms with Crippen molar-refractivity contribution < 1.29 is 17.6 Å². The van der Waals surface area contributed by atoms with Gasteiger partial charge in [0.2, 0.25) is 15.9 Å². The summed E-state index contributed by atoms with van der Waals surface area (Å²) in [5.74, 6) is -1.15. The molecule has 0 spiro atoms. The van der Waals surface area contributed by atoms with E-state index in [4.69, 9.17) is 5.73 Å². The Morgan fingerprint density at radius 1 is 1.40 bits per heavy atom. The van der Waals surface area contributed by atoms with Crippen LogP contribution < -0.4 is 15.8 Å². The minimum Gasteiger partial charge on any atom is -0.399 e. The van der Waals surface area contributed by atoms with Crippen molar-refractivity contribution in [1.82, 2.24) is 10.0 Å². The molecule has 0 bridgehead atoms. The molecule has 0 aliphatic rings. The summed E-state index contributed by atoms with van der Waals surface area (Å²) in [4.78, 5) is 11.1. The molecule has 8 heteroatoms. The second-order valence-electron chi connectivity index (χ2n) is 4.30. The van der Waals surface area contributed by atoms with Crippen LogP contribution in [-0.2, 0) is 14.8 Å². The van der Waals surface area contributed by atoms with Crippen LogP contribution in [0.4, 0.5) is 10.1 Å². The number of sulfonamides is 1. The highest BCUT2D eigenvalue weighted by Crippen LogP contribution is 2.21. The number of carbonyl (C=O) groups is 1. The number of halogens is 1. The number of nitrogens with one attached hydrogen (secondary N) is 2. The van der Waals surface area contributed by atoms with Gasteiger partial charge in [0.15, 0.2) is 0 Å². The number of hydrogen-bond acceptors (Lipinski definition) is 4. The van der Waals surface area contributed by atoms with Gasteiger partial charge in [0.25, 0.3) is 0 Å². The predicted octanol–water partition coefficient (Wildman–Crippen LogP) is 0.521. The molecule has 6 nitrogen and oxygen atoms in total. The lowest BCUT2D eigenvalue weighted by molar-refractivity contribution is -0.119. The number of amides is 1. The molecular weight excluding hydrogens is 285 g/mol. The Balaban J connectivity index is 2.87. The second kappa shape index (κ2) is 6.67. The van der Waals surface area contributed by atoms with E-state index in [1.54, 1.807) is 0 Å². The summed E-state index contributed by atoms with van der Waals surface area (Å²) in [7, 11) is -3.99. The van der Waals surface area contributed by atoms with E-state index in [0.717, 1.165) is 18.6 Å². The number of rotatable bonds is 6. The zero-order valence-electron chi connectivity index (χ0n) is 11.4. The standard InChI is InChI=1S/C12H18FN3O3S/c1-3-4-15-12(17)7-16-20(18,19)11-6-9(14)5-10(13)8(11)2/h5-6,16H,3-4,7,14H2,1-2H3,(H,15,17). The molecule has 0 saturated heterocycles. The van der Waals surface area contributed by atoms with Crippen molar-refractivity contribution in [2.24, 2.45) is 0 Å². The molecule has 112 valence electrons. The lowest BCUT2D eigenvalue weighted by atomic mass is 10.2. The Hall–Kier alpha value is -1.67. The zero-order chi connectivity index (χ0) is 15.3. The van der Waals surface area contributed by atoms with Crippen molar-refractivity contribution >= 4 is 21.6 Å². The van der Waals surface area contributed by atoms with Crippen LogP contribution in [0, 0.1) is 12.7 Å². The van der Waals surface area contributed by atoms with Crippen LogP contribution in [0.3, 0.4) is 0 Å². The van der Waals surface area contributed by atoms with Crippen LogP contribution in [0.15, 0.2) is 17.0 Å². The van der Waals surface area contributed by atoms with Gasteiger partial charge >= 0.3 is 0 Å². The molecule has 1 rings (SSSR count). The van der Waals surface area contributed by atoms with Gasteiger partial charge in [-0.25, -0.2) is 17.5 Å². The fourth-order valence-corrected chi connectivity index (χ4v) is 2.79. The highest BCUT2D eigenvalue weighted by atomic mass is 32.2. The van der Waals surface area contributed by atoms with E-state index in [1.165, 1.54) is 6.92 Å². The number of nitrogens with two attached hydrogens (primary N) is 1. The maximum Gasteiger partial charge on any atom is 0.241 e. The van der Waals surface area contributed by atoms with Crippen LogP contribution in [0.25, 0.3) is 0 Å². The Morgan fingerprint density at radius 2 is 2.05 bits per heavy atom. The molecule has 4 N–H and O–H groups in total. The summed E-state index contributed by atoms with van der Waals surface area (Å²) >= 11 is 0. The summed E-state index contributed by atoms with van der Waals surface area (Å²) in [5.41, 5.74) is 5.40. The van der Waals surface area contributed by atoms with Gasteiger partial charge in [0.05, 0.1) is 11.4 Å². The molecule has 0 radical (unpaired) electrons. The van der Waals surface area contributed by atoms with E-state index in [0.29, 0.717) is 6.54 Å². The molecule has 0 heterocycles. The van der Waals surface area contributed by atoms with E-state index in [9.17, 15) is 17.6 Å². The molecule has 0 unspecified atom stereocenters. The fourth-order valence-electron chi connectivity index (χ4n) is 1.52. The third-order valence-electron chi connectivity index (χ3n) is 2.60. The van der Waals surface area contributed by atoms with Gasteiger partial charge in [-0.05, 0) is 25.5 Å². The smallest absolute Gasteiger partial charge is 0.241 e. The van der Waals surface area contributed by atoms with E-state index in [-0.39, 0.29) is 16.1 Å². The molecule has 0 saturated carbocycles. The maximum absolute atomic E-state index is 13.5. The Morgan fingerprint density at radius 3 is 2.65 bits per heavy atom. The third kappa shape index (κ3) is 4.17. The minimum atomic E-state index is -3.99. The Bertz CT molecular complexity index is 602. The van der Waals surface area contributed by atoms with Crippen molar-refractivity contribution in [2.45, 2.75) is 25.2 Å². The minimum absolute atomic E-state index is 0.00362. The molecule has 1 aromatic carbocycles. The number of nitrogen functional groups attached to an aromatic ring is 1. The van der Waals surface area contributed by atoms with Crippen LogP contribution in [0.2, 0.25) is 0 Å². The lowest BCUT2D eigenvalue weighted by Gasteiger charge is -2.11. The number of hydrogen-bond donors (Lipinski definition) is 3. The molecule has 1 amide bonds.